The van der Waals surface area contributed by atoms with E-state index in [1.807, 2.05) is 13.0 Å². The summed E-state index contributed by atoms with van der Waals surface area (Å²) in [5.41, 5.74) is 13.7. The first-order valence-corrected chi connectivity index (χ1v) is 7.42. The lowest BCUT2D eigenvalue weighted by molar-refractivity contribution is 0.1000. The normalized spacial score (nSPS) is 12.1. The molecule has 0 saturated carbocycles. The molecule has 2 aromatic rings. The maximum Gasteiger partial charge on any atom is 0.248 e. The minimum absolute atomic E-state index is 0.339. The molecular formula is C15H16N2O2S. The van der Waals surface area contributed by atoms with Crippen molar-refractivity contribution >= 4 is 22.4 Å². The lowest BCUT2D eigenvalue weighted by atomic mass is 10.1. The number of aryl methyl sites for hydroxylation is 1. The third-order valence-electron chi connectivity index (χ3n) is 2.95. The Kier molecular flexibility index (Phi) is 4.20. The number of anilines is 1. The highest BCUT2D eigenvalue weighted by molar-refractivity contribution is 7.84. The van der Waals surface area contributed by atoms with Gasteiger partial charge < -0.3 is 11.5 Å². The summed E-state index contributed by atoms with van der Waals surface area (Å²) in [5, 5.41) is 0. The Hall–Kier alpha value is -2.14. The van der Waals surface area contributed by atoms with Crippen LogP contribution in [0.4, 0.5) is 5.69 Å². The van der Waals surface area contributed by atoms with E-state index < -0.39 is 16.7 Å². The number of primary amides is 1. The number of carbonyl (C=O) groups excluding carboxylic acids is 1. The van der Waals surface area contributed by atoms with Gasteiger partial charge in [-0.25, -0.2) is 0 Å². The maximum atomic E-state index is 12.4. The molecule has 0 radical (unpaired) electrons. The van der Waals surface area contributed by atoms with E-state index >= 15 is 0 Å². The van der Waals surface area contributed by atoms with Crippen LogP contribution in [0, 0.1) is 6.92 Å². The van der Waals surface area contributed by atoms with Crippen LogP contribution in [-0.2, 0) is 16.6 Å². The molecule has 0 aliphatic rings. The minimum atomic E-state index is -1.18. The first kappa shape index (κ1) is 14.3. The quantitative estimate of drug-likeness (QED) is 0.843. The van der Waals surface area contributed by atoms with Crippen molar-refractivity contribution in [2.45, 2.75) is 17.6 Å². The van der Waals surface area contributed by atoms with Gasteiger partial charge in [0.2, 0.25) is 5.91 Å². The predicted molar refractivity (Wildman–Crippen MR) is 80.7 cm³/mol. The van der Waals surface area contributed by atoms with Crippen molar-refractivity contribution < 1.29 is 9.00 Å². The molecule has 0 heterocycles. The summed E-state index contributed by atoms with van der Waals surface area (Å²) >= 11 is 0. The highest BCUT2D eigenvalue weighted by Gasteiger charge is 2.10. The van der Waals surface area contributed by atoms with Crippen LogP contribution in [0.5, 0.6) is 0 Å². The van der Waals surface area contributed by atoms with Gasteiger partial charge in [0, 0.05) is 16.1 Å². The lowest BCUT2D eigenvalue weighted by Gasteiger charge is -2.07. The smallest absolute Gasteiger partial charge is 0.248 e. The second kappa shape index (κ2) is 5.88. The number of hydrogen-bond acceptors (Lipinski definition) is 3. The molecule has 2 rings (SSSR count). The van der Waals surface area contributed by atoms with Gasteiger partial charge in [0.15, 0.2) is 0 Å². The van der Waals surface area contributed by atoms with Crippen molar-refractivity contribution in [3.63, 3.8) is 0 Å². The summed E-state index contributed by atoms with van der Waals surface area (Å²) in [6.45, 7) is 1.88. The number of nitrogens with two attached hydrogens (primary N) is 2. The highest BCUT2D eigenvalue weighted by Crippen LogP contribution is 2.19. The largest absolute Gasteiger partial charge is 0.399 e. The second-order valence-electron chi connectivity index (χ2n) is 4.58. The Bertz CT molecular complexity index is 683. The molecular weight excluding hydrogens is 272 g/mol. The Morgan fingerprint density at radius 2 is 1.95 bits per heavy atom. The number of benzene rings is 2. The van der Waals surface area contributed by atoms with E-state index in [-0.39, 0.29) is 0 Å². The minimum Gasteiger partial charge on any atom is -0.399 e. The van der Waals surface area contributed by atoms with Crippen molar-refractivity contribution in [3.05, 3.63) is 59.2 Å². The third-order valence-corrected chi connectivity index (χ3v) is 4.50. The van der Waals surface area contributed by atoms with Crippen LogP contribution >= 0.6 is 0 Å². The van der Waals surface area contributed by atoms with Crippen LogP contribution in [-0.4, -0.2) is 10.1 Å². The molecule has 0 aromatic heterocycles. The molecule has 0 aliphatic carbocycles. The molecule has 4 N–H and O–H groups in total. The number of nitrogen functional groups attached to an aromatic ring is 1. The monoisotopic (exact) mass is 288 g/mol. The zero-order chi connectivity index (χ0) is 14.7. The fraction of sp³-hybridized carbons (Fsp3) is 0.133. The van der Waals surface area contributed by atoms with Crippen molar-refractivity contribution in [3.8, 4) is 0 Å². The molecule has 20 heavy (non-hydrogen) atoms. The van der Waals surface area contributed by atoms with Crippen LogP contribution in [0.15, 0.2) is 47.4 Å². The fourth-order valence-electron chi connectivity index (χ4n) is 1.97. The maximum absolute atomic E-state index is 12.4. The summed E-state index contributed by atoms with van der Waals surface area (Å²) in [4.78, 5) is 11.9. The van der Waals surface area contributed by atoms with E-state index in [1.54, 1.807) is 36.4 Å². The SMILES string of the molecule is Cc1cc(N)ccc1S(=O)Cc1cccc(C(N)=O)c1. The molecule has 5 heteroatoms. The molecule has 4 nitrogen and oxygen atoms in total. The Labute approximate surface area is 120 Å². The number of hydrogen-bond donors (Lipinski definition) is 2. The molecule has 0 fully saturated rings. The van der Waals surface area contributed by atoms with E-state index in [9.17, 15) is 9.00 Å². The fourth-order valence-corrected chi connectivity index (χ4v) is 3.25. The predicted octanol–water partition coefficient (Wildman–Crippen LogP) is 1.98. The molecule has 0 bridgehead atoms. The Morgan fingerprint density at radius 1 is 1.20 bits per heavy atom. The van der Waals surface area contributed by atoms with Crippen molar-refractivity contribution in [2.75, 3.05) is 5.73 Å². The summed E-state index contributed by atoms with van der Waals surface area (Å²) in [5.74, 6) is -0.146. The van der Waals surface area contributed by atoms with Gasteiger partial charge in [-0.2, -0.15) is 0 Å². The van der Waals surface area contributed by atoms with E-state index in [0.717, 1.165) is 16.0 Å². The highest BCUT2D eigenvalue weighted by atomic mass is 32.2. The van der Waals surface area contributed by atoms with Crippen LogP contribution in [0.2, 0.25) is 0 Å². The first-order valence-electron chi connectivity index (χ1n) is 6.10. The Morgan fingerprint density at radius 3 is 2.60 bits per heavy atom. The lowest BCUT2D eigenvalue weighted by Crippen LogP contribution is -2.11. The van der Waals surface area contributed by atoms with Gasteiger partial charge >= 0.3 is 0 Å². The van der Waals surface area contributed by atoms with E-state index in [4.69, 9.17) is 11.5 Å². The topological polar surface area (TPSA) is 86.2 Å². The van der Waals surface area contributed by atoms with Gasteiger partial charge in [0.25, 0.3) is 0 Å². The third kappa shape index (κ3) is 3.24. The second-order valence-corrected chi connectivity index (χ2v) is 6.00. The molecule has 1 atom stereocenters. The van der Waals surface area contributed by atoms with E-state index in [0.29, 0.717) is 17.0 Å². The zero-order valence-corrected chi connectivity index (χ0v) is 11.9. The standard InChI is InChI=1S/C15H16N2O2S/c1-10-7-13(16)5-6-14(10)20(19)9-11-3-2-4-12(8-11)15(17)18/h2-8H,9,16H2,1H3,(H2,17,18). The number of rotatable bonds is 4. The van der Waals surface area contributed by atoms with Crippen molar-refractivity contribution in [1.29, 1.82) is 0 Å². The van der Waals surface area contributed by atoms with Gasteiger partial charge in [-0.3, -0.25) is 9.00 Å². The summed E-state index contributed by atoms with van der Waals surface area (Å²) in [6.07, 6.45) is 0. The average Bonchev–Trinajstić information content (AvgIpc) is 2.38. The molecule has 1 unspecified atom stereocenters. The van der Waals surface area contributed by atoms with Gasteiger partial charge in [-0.1, -0.05) is 12.1 Å². The summed E-state index contributed by atoms with van der Waals surface area (Å²) < 4.78 is 12.4. The summed E-state index contributed by atoms with van der Waals surface area (Å²) in [6, 6.07) is 12.2. The van der Waals surface area contributed by atoms with Gasteiger partial charge in [-0.15, -0.1) is 0 Å². The number of amides is 1. The van der Waals surface area contributed by atoms with E-state index in [1.165, 1.54) is 0 Å². The molecule has 0 spiro atoms. The van der Waals surface area contributed by atoms with Crippen LogP contribution < -0.4 is 11.5 Å². The molecule has 0 saturated heterocycles. The van der Waals surface area contributed by atoms with Crippen LogP contribution in [0.3, 0.4) is 0 Å². The molecule has 2 aromatic carbocycles. The summed E-state index contributed by atoms with van der Waals surface area (Å²) in [7, 11) is -1.18. The Balaban J connectivity index is 2.23. The molecule has 1 amide bonds. The van der Waals surface area contributed by atoms with E-state index in [2.05, 4.69) is 0 Å². The first-order chi connectivity index (χ1) is 9.47. The van der Waals surface area contributed by atoms with Gasteiger partial charge in [-0.05, 0) is 48.4 Å². The zero-order valence-electron chi connectivity index (χ0n) is 11.1. The van der Waals surface area contributed by atoms with Gasteiger partial charge in [0.05, 0.1) is 16.6 Å². The van der Waals surface area contributed by atoms with Crippen LogP contribution in [0.1, 0.15) is 21.5 Å². The van der Waals surface area contributed by atoms with Crippen molar-refractivity contribution in [1.82, 2.24) is 0 Å². The van der Waals surface area contributed by atoms with Gasteiger partial charge in [0.1, 0.15) is 0 Å². The molecule has 104 valence electrons. The number of carbonyl (C=O) groups is 1. The van der Waals surface area contributed by atoms with Crippen LogP contribution in [0.25, 0.3) is 0 Å². The van der Waals surface area contributed by atoms with Crippen molar-refractivity contribution in [2.24, 2.45) is 5.73 Å². The average molecular weight is 288 g/mol. The molecule has 0 aliphatic heterocycles.